The molecule has 1 N–H and O–H groups in total. The van der Waals surface area contributed by atoms with Crippen LogP contribution in [0.15, 0.2) is 18.3 Å². The van der Waals surface area contributed by atoms with Crippen molar-refractivity contribution in [3.05, 3.63) is 29.6 Å². The summed E-state index contributed by atoms with van der Waals surface area (Å²) < 4.78 is 0. The minimum Gasteiger partial charge on any atom is -0.478 e. The zero-order valence-electron chi connectivity index (χ0n) is 11.0. The summed E-state index contributed by atoms with van der Waals surface area (Å²) in [7, 11) is 0. The molecule has 2 rings (SSSR count). The second-order valence-corrected chi connectivity index (χ2v) is 5.10. The van der Waals surface area contributed by atoms with Gasteiger partial charge in [-0.05, 0) is 38.8 Å². The highest BCUT2D eigenvalue weighted by Crippen LogP contribution is 2.24. The highest BCUT2D eigenvalue weighted by atomic mass is 16.4. The predicted octanol–water partition coefficient (Wildman–Crippen LogP) is 2.54. The Labute approximate surface area is 108 Å². The molecular weight excluding hydrogens is 228 g/mol. The highest BCUT2D eigenvalue weighted by Gasteiger charge is 2.26. The Kier molecular flexibility index (Phi) is 3.97. The smallest absolute Gasteiger partial charge is 0.337 e. The molecule has 1 aliphatic heterocycles. The van der Waals surface area contributed by atoms with Crippen LogP contribution in [-0.4, -0.2) is 33.0 Å². The van der Waals surface area contributed by atoms with Gasteiger partial charge in [0.2, 0.25) is 0 Å². The molecule has 18 heavy (non-hydrogen) atoms. The molecule has 1 aromatic rings. The summed E-state index contributed by atoms with van der Waals surface area (Å²) in [4.78, 5) is 17.8. The van der Waals surface area contributed by atoms with Crippen molar-refractivity contribution in [3.8, 4) is 0 Å². The van der Waals surface area contributed by atoms with Crippen LogP contribution in [0.25, 0.3) is 0 Å². The summed E-state index contributed by atoms with van der Waals surface area (Å²) in [6.07, 6.45) is 5.28. The van der Waals surface area contributed by atoms with E-state index < -0.39 is 5.97 Å². The maximum absolute atomic E-state index is 11.2. The first kappa shape index (κ1) is 13.0. The topological polar surface area (TPSA) is 53.4 Å². The van der Waals surface area contributed by atoms with Gasteiger partial charge in [0.05, 0.1) is 11.3 Å². The van der Waals surface area contributed by atoms with Gasteiger partial charge >= 0.3 is 5.97 Å². The van der Waals surface area contributed by atoms with Crippen LogP contribution in [0, 0.1) is 0 Å². The Hall–Kier alpha value is -1.42. The number of nitrogens with zero attached hydrogens (tertiary/aromatic N) is 2. The van der Waals surface area contributed by atoms with Crippen molar-refractivity contribution in [1.29, 1.82) is 0 Å². The van der Waals surface area contributed by atoms with Gasteiger partial charge in [0.25, 0.3) is 0 Å². The first-order valence-electron chi connectivity index (χ1n) is 6.52. The second-order valence-electron chi connectivity index (χ2n) is 5.10. The molecule has 1 fully saturated rings. The number of pyridine rings is 1. The van der Waals surface area contributed by atoms with Crippen molar-refractivity contribution in [2.24, 2.45) is 0 Å². The average molecular weight is 248 g/mol. The third kappa shape index (κ3) is 2.70. The Morgan fingerprint density at radius 1 is 1.44 bits per heavy atom. The molecule has 2 atom stereocenters. The number of aromatic carboxylic acids is 1. The fraction of sp³-hybridized carbons (Fsp3) is 0.571. The van der Waals surface area contributed by atoms with Gasteiger partial charge in [-0.25, -0.2) is 4.79 Å². The lowest BCUT2D eigenvalue weighted by Gasteiger charge is -2.38. The molecule has 0 spiro atoms. The molecule has 1 aromatic heterocycles. The molecule has 4 heteroatoms. The monoisotopic (exact) mass is 248 g/mol. The average Bonchev–Trinajstić information content (AvgIpc) is 2.34. The van der Waals surface area contributed by atoms with Crippen molar-refractivity contribution in [1.82, 2.24) is 9.88 Å². The number of rotatable bonds is 3. The fourth-order valence-corrected chi connectivity index (χ4v) is 2.72. The lowest BCUT2D eigenvalue weighted by molar-refractivity contribution is 0.0683. The summed E-state index contributed by atoms with van der Waals surface area (Å²) >= 11 is 0. The van der Waals surface area contributed by atoms with E-state index in [2.05, 4.69) is 23.7 Å². The summed E-state index contributed by atoms with van der Waals surface area (Å²) in [5.41, 5.74) is 0.994. The van der Waals surface area contributed by atoms with Gasteiger partial charge in [-0.2, -0.15) is 0 Å². The SMILES string of the molecule is CC1CCCC(C)N1Cc1ncccc1C(=O)O. The van der Waals surface area contributed by atoms with Gasteiger partial charge in [-0.15, -0.1) is 0 Å². The van der Waals surface area contributed by atoms with Crippen molar-refractivity contribution in [2.45, 2.75) is 51.7 Å². The van der Waals surface area contributed by atoms with Gasteiger partial charge in [-0.1, -0.05) is 6.42 Å². The molecule has 1 aliphatic rings. The first-order chi connectivity index (χ1) is 8.59. The number of carbonyl (C=O) groups is 1. The zero-order valence-corrected chi connectivity index (χ0v) is 11.0. The third-order valence-electron chi connectivity index (χ3n) is 3.83. The van der Waals surface area contributed by atoms with Gasteiger partial charge in [0.1, 0.15) is 0 Å². The first-order valence-corrected chi connectivity index (χ1v) is 6.52. The van der Waals surface area contributed by atoms with Crippen molar-refractivity contribution in [2.75, 3.05) is 0 Å². The molecule has 0 bridgehead atoms. The molecule has 4 nitrogen and oxygen atoms in total. The molecule has 0 aliphatic carbocycles. The summed E-state index contributed by atoms with van der Waals surface area (Å²) in [5.74, 6) is -0.893. The van der Waals surface area contributed by atoms with Gasteiger partial charge in [0, 0.05) is 24.8 Å². The molecule has 1 saturated heterocycles. The number of carboxylic acid groups (broad SMARTS) is 1. The largest absolute Gasteiger partial charge is 0.478 e. The number of aromatic nitrogens is 1. The summed E-state index contributed by atoms with van der Waals surface area (Å²) in [5, 5.41) is 9.17. The standard InChI is InChI=1S/C14H20N2O2/c1-10-5-3-6-11(2)16(10)9-13-12(14(17)18)7-4-8-15-13/h4,7-8,10-11H,3,5-6,9H2,1-2H3,(H,17,18). The van der Waals surface area contributed by atoms with Crippen LogP contribution >= 0.6 is 0 Å². The fourth-order valence-electron chi connectivity index (χ4n) is 2.72. The van der Waals surface area contributed by atoms with Crippen LogP contribution in [0.3, 0.4) is 0 Å². The quantitative estimate of drug-likeness (QED) is 0.893. The van der Waals surface area contributed by atoms with Crippen LogP contribution in [-0.2, 0) is 6.54 Å². The number of hydrogen-bond acceptors (Lipinski definition) is 3. The van der Waals surface area contributed by atoms with Crippen LogP contribution in [0.1, 0.15) is 49.2 Å². The Morgan fingerprint density at radius 3 is 2.72 bits per heavy atom. The van der Waals surface area contributed by atoms with Crippen molar-refractivity contribution < 1.29 is 9.90 Å². The van der Waals surface area contributed by atoms with E-state index in [1.807, 2.05) is 0 Å². The van der Waals surface area contributed by atoms with E-state index in [0.29, 0.717) is 29.9 Å². The van der Waals surface area contributed by atoms with E-state index in [1.54, 1.807) is 18.3 Å². The van der Waals surface area contributed by atoms with Crippen molar-refractivity contribution in [3.63, 3.8) is 0 Å². The molecule has 98 valence electrons. The van der Waals surface area contributed by atoms with E-state index in [4.69, 9.17) is 5.11 Å². The van der Waals surface area contributed by atoms with Gasteiger partial charge in [0.15, 0.2) is 0 Å². The van der Waals surface area contributed by atoms with E-state index in [1.165, 1.54) is 19.3 Å². The lowest BCUT2D eigenvalue weighted by Crippen LogP contribution is -2.43. The van der Waals surface area contributed by atoms with Crippen LogP contribution in [0.5, 0.6) is 0 Å². The summed E-state index contributed by atoms with van der Waals surface area (Å²) in [6.45, 7) is 5.04. The molecular formula is C14H20N2O2. The highest BCUT2D eigenvalue weighted by molar-refractivity contribution is 5.88. The van der Waals surface area contributed by atoms with E-state index in [9.17, 15) is 4.79 Å². The number of piperidine rings is 1. The minimum atomic E-state index is -0.893. The second kappa shape index (κ2) is 5.48. The molecule has 0 aromatic carbocycles. The third-order valence-corrected chi connectivity index (χ3v) is 3.83. The Morgan fingerprint density at radius 2 is 2.11 bits per heavy atom. The number of carboxylic acids is 1. The molecule has 0 saturated carbocycles. The van der Waals surface area contributed by atoms with Gasteiger partial charge in [-0.3, -0.25) is 9.88 Å². The number of likely N-dealkylation sites (tertiary alicyclic amines) is 1. The maximum Gasteiger partial charge on any atom is 0.337 e. The van der Waals surface area contributed by atoms with Crippen LogP contribution < -0.4 is 0 Å². The molecule has 2 heterocycles. The van der Waals surface area contributed by atoms with Crippen molar-refractivity contribution >= 4 is 5.97 Å². The Bertz CT molecular complexity index is 424. The van der Waals surface area contributed by atoms with E-state index in [0.717, 1.165) is 0 Å². The Balaban J connectivity index is 2.20. The zero-order chi connectivity index (χ0) is 13.1. The predicted molar refractivity (Wildman–Crippen MR) is 69.5 cm³/mol. The van der Waals surface area contributed by atoms with Crippen LogP contribution in [0.4, 0.5) is 0 Å². The molecule has 2 unspecified atom stereocenters. The van der Waals surface area contributed by atoms with E-state index >= 15 is 0 Å². The maximum atomic E-state index is 11.2. The normalized spacial score (nSPS) is 25.0. The molecule has 0 amide bonds. The molecule has 0 radical (unpaired) electrons. The van der Waals surface area contributed by atoms with Crippen LogP contribution in [0.2, 0.25) is 0 Å². The van der Waals surface area contributed by atoms with E-state index in [-0.39, 0.29) is 0 Å². The number of hydrogen-bond donors (Lipinski definition) is 1. The minimum absolute atomic E-state index is 0.322. The lowest BCUT2D eigenvalue weighted by atomic mass is 9.97. The van der Waals surface area contributed by atoms with Gasteiger partial charge < -0.3 is 5.11 Å². The summed E-state index contributed by atoms with van der Waals surface area (Å²) in [6, 6.07) is 4.30.